The Bertz CT molecular complexity index is 793. The van der Waals surface area contributed by atoms with Crippen LogP contribution in [0.15, 0.2) is 6.20 Å². The van der Waals surface area contributed by atoms with Crippen LogP contribution in [-0.4, -0.2) is 50.5 Å². The molecule has 0 aromatic carbocycles. The molecule has 0 spiro atoms. The number of piperidine rings is 1. The van der Waals surface area contributed by atoms with Crippen molar-refractivity contribution in [3.8, 4) is 0 Å². The first-order valence-electron chi connectivity index (χ1n) is 9.21. The molecule has 4 rings (SSSR count). The molecule has 0 saturated carbocycles. The summed E-state index contributed by atoms with van der Waals surface area (Å²) in [5.41, 5.74) is 3.48. The Labute approximate surface area is 157 Å². The Kier molecular flexibility index (Phi) is 4.86. The van der Waals surface area contributed by atoms with Gasteiger partial charge in [0.05, 0.1) is 12.2 Å². The maximum atomic E-state index is 12.7. The maximum absolute atomic E-state index is 12.7. The van der Waals surface area contributed by atoms with Crippen LogP contribution in [0.3, 0.4) is 0 Å². The standard InChI is InChI=1S/C17H24ClN7O/c1-2-25-10-13(18)16(23-25)20-17(26)24-8-5-14-12(9-24)15(22-21-14)11-3-6-19-7-4-11/h10-11,19H,2-9H2,1H3,(H,21,22)(H,20,23,26). The van der Waals surface area contributed by atoms with Gasteiger partial charge in [-0.1, -0.05) is 11.6 Å². The van der Waals surface area contributed by atoms with E-state index in [0.717, 1.165) is 43.7 Å². The fraction of sp³-hybridized carbons (Fsp3) is 0.588. The summed E-state index contributed by atoms with van der Waals surface area (Å²) in [7, 11) is 0. The van der Waals surface area contributed by atoms with Gasteiger partial charge in [-0.3, -0.25) is 15.1 Å². The Morgan fingerprint density at radius 2 is 2.23 bits per heavy atom. The number of fused-ring (bicyclic) bond motifs is 1. The number of hydrogen-bond acceptors (Lipinski definition) is 4. The summed E-state index contributed by atoms with van der Waals surface area (Å²) in [6.45, 7) is 5.95. The zero-order valence-corrected chi connectivity index (χ0v) is 15.6. The van der Waals surface area contributed by atoms with Gasteiger partial charge in [0.1, 0.15) is 5.02 Å². The van der Waals surface area contributed by atoms with Gasteiger partial charge in [-0.2, -0.15) is 10.2 Å². The number of aryl methyl sites for hydroxylation is 1. The predicted molar refractivity (Wildman–Crippen MR) is 99.5 cm³/mol. The summed E-state index contributed by atoms with van der Waals surface area (Å²) in [5.74, 6) is 0.879. The highest BCUT2D eigenvalue weighted by Gasteiger charge is 2.29. The van der Waals surface area contributed by atoms with Gasteiger partial charge in [0.15, 0.2) is 5.82 Å². The Hall–Kier alpha value is -2.06. The van der Waals surface area contributed by atoms with Crippen molar-refractivity contribution >= 4 is 23.4 Å². The zero-order chi connectivity index (χ0) is 18.1. The first-order chi connectivity index (χ1) is 12.7. The van der Waals surface area contributed by atoms with Gasteiger partial charge in [-0.05, 0) is 32.9 Å². The van der Waals surface area contributed by atoms with Crippen LogP contribution in [0, 0.1) is 0 Å². The van der Waals surface area contributed by atoms with Gasteiger partial charge in [-0.25, -0.2) is 4.79 Å². The van der Waals surface area contributed by atoms with Crippen LogP contribution in [-0.2, 0) is 19.5 Å². The number of H-pyrrole nitrogens is 1. The fourth-order valence-corrected chi connectivity index (χ4v) is 3.95. The minimum absolute atomic E-state index is 0.170. The third-order valence-electron chi connectivity index (χ3n) is 5.24. The van der Waals surface area contributed by atoms with Crippen molar-refractivity contribution in [3.05, 3.63) is 28.2 Å². The molecular weight excluding hydrogens is 354 g/mol. The molecule has 0 aliphatic carbocycles. The molecular formula is C17H24ClN7O. The third-order valence-corrected chi connectivity index (χ3v) is 5.52. The Morgan fingerprint density at radius 3 is 2.96 bits per heavy atom. The molecule has 0 atom stereocenters. The number of nitrogens with one attached hydrogen (secondary N) is 3. The Balaban J connectivity index is 1.48. The highest BCUT2D eigenvalue weighted by molar-refractivity contribution is 6.33. The van der Waals surface area contributed by atoms with E-state index in [1.165, 1.54) is 5.56 Å². The average molecular weight is 378 g/mol. The molecule has 140 valence electrons. The number of amides is 2. The van der Waals surface area contributed by atoms with Crippen LogP contribution in [0.4, 0.5) is 10.6 Å². The van der Waals surface area contributed by atoms with Gasteiger partial charge in [0.2, 0.25) is 0 Å². The van der Waals surface area contributed by atoms with E-state index >= 15 is 0 Å². The number of rotatable bonds is 3. The lowest BCUT2D eigenvalue weighted by Gasteiger charge is -2.29. The van der Waals surface area contributed by atoms with Gasteiger partial charge < -0.3 is 10.2 Å². The molecule has 3 N–H and O–H groups in total. The molecule has 26 heavy (non-hydrogen) atoms. The molecule has 1 saturated heterocycles. The molecule has 8 nitrogen and oxygen atoms in total. The molecule has 1 fully saturated rings. The van der Waals surface area contributed by atoms with Crippen LogP contribution in [0.1, 0.15) is 42.6 Å². The monoisotopic (exact) mass is 377 g/mol. The van der Waals surface area contributed by atoms with E-state index < -0.39 is 0 Å². The summed E-state index contributed by atoms with van der Waals surface area (Å²) < 4.78 is 1.71. The molecule has 0 unspecified atom stereocenters. The molecule has 2 aromatic rings. The summed E-state index contributed by atoms with van der Waals surface area (Å²) in [6, 6.07) is -0.170. The average Bonchev–Trinajstić information content (AvgIpc) is 3.25. The lowest BCUT2D eigenvalue weighted by atomic mass is 9.90. The summed E-state index contributed by atoms with van der Waals surface area (Å²) >= 11 is 6.16. The van der Waals surface area contributed by atoms with Crippen molar-refractivity contribution in [2.45, 2.75) is 45.2 Å². The molecule has 2 aliphatic heterocycles. The molecule has 2 amide bonds. The maximum Gasteiger partial charge on any atom is 0.323 e. The van der Waals surface area contributed by atoms with E-state index in [0.29, 0.717) is 36.4 Å². The van der Waals surface area contributed by atoms with Crippen LogP contribution in [0.5, 0.6) is 0 Å². The number of nitrogens with zero attached hydrogens (tertiary/aromatic N) is 4. The summed E-state index contributed by atoms with van der Waals surface area (Å²) in [4.78, 5) is 14.5. The molecule has 2 aromatic heterocycles. The Morgan fingerprint density at radius 1 is 1.42 bits per heavy atom. The first-order valence-corrected chi connectivity index (χ1v) is 9.59. The second-order valence-electron chi connectivity index (χ2n) is 6.87. The minimum Gasteiger partial charge on any atom is -0.320 e. The number of aromatic amines is 1. The van der Waals surface area contributed by atoms with Crippen LogP contribution < -0.4 is 10.6 Å². The van der Waals surface area contributed by atoms with E-state index in [1.807, 2.05) is 11.8 Å². The molecule has 4 heterocycles. The lowest BCUT2D eigenvalue weighted by molar-refractivity contribution is 0.205. The highest BCUT2D eigenvalue weighted by atomic mass is 35.5. The number of carbonyl (C=O) groups excluding carboxylic acids is 1. The highest BCUT2D eigenvalue weighted by Crippen LogP contribution is 2.31. The van der Waals surface area contributed by atoms with Crippen LogP contribution in [0.25, 0.3) is 0 Å². The largest absolute Gasteiger partial charge is 0.323 e. The normalized spacial score (nSPS) is 18.0. The number of carbonyl (C=O) groups is 1. The van der Waals surface area contributed by atoms with Gasteiger partial charge >= 0.3 is 6.03 Å². The van der Waals surface area contributed by atoms with E-state index in [4.69, 9.17) is 11.6 Å². The van der Waals surface area contributed by atoms with E-state index in [2.05, 4.69) is 25.9 Å². The number of hydrogen-bond donors (Lipinski definition) is 3. The van der Waals surface area contributed by atoms with Crippen molar-refractivity contribution in [2.24, 2.45) is 0 Å². The van der Waals surface area contributed by atoms with Gasteiger partial charge in [0.25, 0.3) is 0 Å². The zero-order valence-electron chi connectivity index (χ0n) is 14.9. The second kappa shape index (κ2) is 7.28. The quantitative estimate of drug-likeness (QED) is 0.765. The van der Waals surface area contributed by atoms with Crippen molar-refractivity contribution < 1.29 is 4.79 Å². The minimum atomic E-state index is -0.170. The van der Waals surface area contributed by atoms with Crippen molar-refractivity contribution in [3.63, 3.8) is 0 Å². The van der Waals surface area contributed by atoms with Crippen molar-refractivity contribution in [1.29, 1.82) is 0 Å². The third kappa shape index (κ3) is 3.31. The lowest BCUT2D eigenvalue weighted by Crippen LogP contribution is -2.39. The van der Waals surface area contributed by atoms with Gasteiger partial charge in [-0.15, -0.1) is 0 Å². The first kappa shape index (κ1) is 17.4. The molecule has 0 radical (unpaired) electrons. The number of halogens is 1. The second-order valence-corrected chi connectivity index (χ2v) is 7.28. The summed E-state index contributed by atoms with van der Waals surface area (Å²) in [5, 5.41) is 18.7. The van der Waals surface area contributed by atoms with Crippen LogP contribution in [0.2, 0.25) is 5.02 Å². The number of urea groups is 1. The number of aromatic nitrogens is 4. The SMILES string of the molecule is CCn1cc(Cl)c(NC(=O)N2CCc3[nH]nc(C4CCNCC4)c3C2)n1. The van der Waals surface area contributed by atoms with E-state index in [9.17, 15) is 4.79 Å². The van der Waals surface area contributed by atoms with Crippen molar-refractivity contribution in [1.82, 2.24) is 30.2 Å². The van der Waals surface area contributed by atoms with Crippen LogP contribution >= 0.6 is 11.6 Å². The predicted octanol–water partition coefficient (Wildman–Crippen LogP) is 2.34. The van der Waals surface area contributed by atoms with Gasteiger partial charge in [0, 0.05) is 42.9 Å². The fourth-order valence-electron chi connectivity index (χ4n) is 3.75. The molecule has 2 aliphatic rings. The van der Waals surface area contributed by atoms with E-state index in [-0.39, 0.29) is 6.03 Å². The van der Waals surface area contributed by atoms with Crippen molar-refractivity contribution in [2.75, 3.05) is 25.0 Å². The summed E-state index contributed by atoms with van der Waals surface area (Å²) in [6.07, 6.45) is 4.69. The number of anilines is 1. The smallest absolute Gasteiger partial charge is 0.320 e. The molecule has 0 bridgehead atoms. The van der Waals surface area contributed by atoms with E-state index in [1.54, 1.807) is 10.9 Å². The topological polar surface area (TPSA) is 90.9 Å². The molecule has 9 heteroatoms.